The van der Waals surface area contributed by atoms with Crippen LogP contribution in [0.2, 0.25) is 0 Å². The van der Waals surface area contributed by atoms with Crippen LogP contribution in [-0.2, 0) is 4.79 Å². The molecule has 0 amide bonds. The molecule has 0 aliphatic heterocycles. The van der Waals surface area contributed by atoms with E-state index in [4.69, 9.17) is 16.4 Å². The lowest BCUT2D eigenvalue weighted by Crippen LogP contribution is -2.06. The summed E-state index contributed by atoms with van der Waals surface area (Å²) in [6.45, 7) is -3.18. The summed E-state index contributed by atoms with van der Waals surface area (Å²) in [6, 6.07) is -5.36. The van der Waals surface area contributed by atoms with Gasteiger partial charge in [-0.05, 0) is 35.3 Å². The van der Waals surface area contributed by atoms with Crippen molar-refractivity contribution in [3.05, 3.63) is 41.8 Å². The largest absolute Gasteiger partial charge is 0.497 e. The van der Waals surface area contributed by atoms with Gasteiger partial charge in [0.25, 0.3) is 0 Å². The van der Waals surface area contributed by atoms with Crippen LogP contribution in [0.4, 0.5) is 0 Å². The van der Waals surface area contributed by atoms with Crippen molar-refractivity contribution >= 4 is 16.7 Å². The Labute approximate surface area is 117 Å². The van der Waals surface area contributed by atoms with E-state index in [0.717, 1.165) is 0 Å². The summed E-state index contributed by atoms with van der Waals surface area (Å²) < 4.78 is 96.6. The predicted molar refractivity (Wildman–Crippen MR) is 66.6 cm³/mol. The van der Waals surface area contributed by atoms with Crippen molar-refractivity contribution in [3.63, 3.8) is 0 Å². The maximum absolute atomic E-state index is 11.5. The Bertz CT molecular complexity index is 1010. The van der Waals surface area contributed by atoms with Gasteiger partial charge in [0.05, 0.1) is 25.3 Å². The van der Waals surface area contributed by atoms with Crippen LogP contribution >= 0.6 is 0 Å². The molecule has 2 aromatic carbocycles. The van der Waals surface area contributed by atoms with Crippen LogP contribution in [0.25, 0.3) is 10.8 Å². The van der Waals surface area contributed by atoms with Crippen molar-refractivity contribution < 1.29 is 31.1 Å². The van der Waals surface area contributed by atoms with E-state index in [2.05, 4.69) is 4.74 Å². The number of hydrogen-bond donors (Lipinski definition) is 1. The molecule has 0 fully saturated rings. The van der Waals surface area contributed by atoms with Gasteiger partial charge in [0.15, 0.2) is 0 Å². The molecule has 3 heteroatoms. The number of rotatable bonds is 3. The summed E-state index contributed by atoms with van der Waals surface area (Å²) in [5.74, 6) is -5.10. The molecule has 88 valence electrons. The maximum Gasteiger partial charge on any atom is 0.310 e. The van der Waals surface area contributed by atoms with E-state index in [-0.39, 0.29) is 0 Å². The van der Waals surface area contributed by atoms with Crippen molar-refractivity contribution in [1.82, 2.24) is 0 Å². The smallest absolute Gasteiger partial charge is 0.310 e. The standard InChI is InChI=1S/C14H14O3/c1-9(14(15)16)10-3-4-12-8-13(17-2)6-5-11(12)7-10/h3-9H,1-2H3,(H,15,16)/i1D3,2D3,3D,4D,5D,6D,7D,8D. The lowest BCUT2D eigenvalue weighted by Gasteiger charge is -2.08. The highest BCUT2D eigenvalue weighted by Crippen LogP contribution is 2.25. The number of fused-ring (bicyclic) bond motifs is 1. The first-order valence-corrected chi connectivity index (χ1v) is 4.45. The highest BCUT2D eigenvalue weighted by atomic mass is 16.5. The van der Waals surface area contributed by atoms with Crippen LogP contribution in [0.1, 0.15) is 34.8 Å². The normalized spacial score (nSPS) is 24.0. The van der Waals surface area contributed by atoms with Gasteiger partial charge < -0.3 is 9.84 Å². The molecule has 0 saturated heterocycles. The summed E-state index contributed by atoms with van der Waals surface area (Å²) in [4.78, 5) is 11.5. The Morgan fingerprint density at radius 2 is 2.12 bits per heavy atom. The quantitative estimate of drug-likeness (QED) is 0.899. The highest BCUT2D eigenvalue weighted by Gasteiger charge is 2.13. The van der Waals surface area contributed by atoms with Gasteiger partial charge in [0.1, 0.15) is 5.75 Å². The minimum atomic E-state index is -3.18. The SMILES string of the molecule is [2H]c1c(C(C(=O)O)C([2H])([2H])[2H])c([2H])c2c([2H])c([2H])c(OC([2H])([2H])[2H])c([2H])c2c1[2H]. The van der Waals surface area contributed by atoms with Crippen molar-refractivity contribution in [1.29, 1.82) is 0 Å². The van der Waals surface area contributed by atoms with Gasteiger partial charge >= 0.3 is 5.97 Å². The Balaban J connectivity index is 3.06. The van der Waals surface area contributed by atoms with Crippen LogP contribution in [0.3, 0.4) is 0 Å². The average molecular weight is 242 g/mol. The van der Waals surface area contributed by atoms with Crippen LogP contribution in [0.5, 0.6) is 5.75 Å². The number of carboxylic acids is 1. The third-order valence-electron chi connectivity index (χ3n) is 2.01. The molecule has 0 aromatic heterocycles. The van der Waals surface area contributed by atoms with Gasteiger partial charge in [-0.15, -0.1) is 0 Å². The number of methoxy groups -OCH3 is 1. The molecule has 1 unspecified atom stereocenters. The van der Waals surface area contributed by atoms with Crippen molar-refractivity contribution in [2.24, 2.45) is 0 Å². The van der Waals surface area contributed by atoms with E-state index in [1.165, 1.54) is 0 Å². The number of aliphatic carboxylic acids is 1. The van der Waals surface area contributed by atoms with Gasteiger partial charge in [0, 0.05) is 4.11 Å². The van der Waals surface area contributed by atoms with Crippen LogP contribution in [0.15, 0.2) is 36.3 Å². The molecule has 2 rings (SSSR count). The van der Waals surface area contributed by atoms with E-state index in [1.807, 2.05) is 0 Å². The van der Waals surface area contributed by atoms with Gasteiger partial charge in [-0.2, -0.15) is 0 Å². The fraction of sp³-hybridized carbons (Fsp3) is 0.214. The number of carboxylic acid groups (broad SMARTS) is 1. The lowest BCUT2D eigenvalue weighted by molar-refractivity contribution is -0.138. The number of ether oxygens (including phenoxy) is 1. The van der Waals surface area contributed by atoms with Crippen molar-refractivity contribution in [3.8, 4) is 5.75 Å². The second-order valence-electron chi connectivity index (χ2n) is 3.12. The number of hydrogen-bond acceptors (Lipinski definition) is 2. The fourth-order valence-corrected chi connectivity index (χ4v) is 1.19. The van der Waals surface area contributed by atoms with Crippen molar-refractivity contribution in [2.75, 3.05) is 7.04 Å². The summed E-state index contributed by atoms with van der Waals surface area (Å²) in [7, 11) is -3.09. The second-order valence-corrected chi connectivity index (χ2v) is 3.12. The first-order chi connectivity index (χ1) is 13.0. The Morgan fingerprint density at radius 3 is 2.82 bits per heavy atom. The zero-order valence-corrected chi connectivity index (χ0v) is 8.34. The minimum Gasteiger partial charge on any atom is -0.497 e. The van der Waals surface area contributed by atoms with Crippen LogP contribution < -0.4 is 4.74 Å². The summed E-state index contributed by atoms with van der Waals surface area (Å²) in [6.07, 6.45) is 0. The molecule has 3 nitrogen and oxygen atoms in total. The van der Waals surface area contributed by atoms with Crippen LogP contribution in [-0.4, -0.2) is 18.1 Å². The third-order valence-corrected chi connectivity index (χ3v) is 2.01. The Morgan fingerprint density at radius 1 is 1.35 bits per heavy atom. The molecule has 1 N–H and O–H groups in total. The lowest BCUT2D eigenvalue weighted by atomic mass is 9.98. The molecule has 0 aliphatic rings. The van der Waals surface area contributed by atoms with Gasteiger partial charge in [-0.3, -0.25) is 4.79 Å². The summed E-state index contributed by atoms with van der Waals surface area (Å²) in [5, 5.41) is 8.14. The Kier molecular flexibility index (Phi) is 0.978. The van der Waals surface area contributed by atoms with E-state index in [9.17, 15) is 9.90 Å². The fourth-order valence-electron chi connectivity index (χ4n) is 1.19. The zero-order chi connectivity index (χ0) is 22.6. The van der Waals surface area contributed by atoms with Gasteiger partial charge in [-0.1, -0.05) is 24.2 Å². The van der Waals surface area contributed by atoms with Crippen molar-refractivity contribution in [2.45, 2.75) is 12.8 Å². The van der Waals surface area contributed by atoms with E-state index >= 15 is 0 Å². The number of carbonyl (C=O) groups is 1. The monoisotopic (exact) mass is 242 g/mol. The van der Waals surface area contributed by atoms with Crippen LogP contribution in [0, 0.1) is 0 Å². The Hall–Kier alpha value is -2.03. The first kappa shape index (κ1) is 3.73. The number of benzene rings is 2. The molecule has 0 spiro atoms. The second kappa shape index (κ2) is 4.45. The van der Waals surface area contributed by atoms with Gasteiger partial charge in [0.2, 0.25) is 0 Å². The first-order valence-electron chi connectivity index (χ1n) is 10.5. The topological polar surface area (TPSA) is 46.5 Å². The van der Waals surface area contributed by atoms with E-state index in [0.29, 0.717) is 0 Å². The molecular weight excluding hydrogens is 216 g/mol. The van der Waals surface area contributed by atoms with Gasteiger partial charge in [-0.25, -0.2) is 0 Å². The van der Waals surface area contributed by atoms with E-state index in [1.54, 1.807) is 0 Å². The molecule has 1 atom stereocenters. The molecule has 2 aromatic rings. The molecule has 0 saturated carbocycles. The third kappa shape index (κ3) is 2.23. The maximum atomic E-state index is 11.5. The predicted octanol–water partition coefficient (Wildman–Crippen LogP) is 3.04. The average Bonchev–Trinajstić information content (AvgIpc) is 2.54. The summed E-state index contributed by atoms with van der Waals surface area (Å²) >= 11 is 0. The summed E-state index contributed by atoms with van der Waals surface area (Å²) in [5.41, 5.74) is -0.855. The molecule has 0 aliphatic carbocycles. The zero-order valence-electron chi connectivity index (χ0n) is 20.3. The molecule has 0 radical (unpaired) electrons. The van der Waals surface area contributed by atoms with E-state index < -0.39 is 84.1 Å². The molecule has 0 bridgehead atoms. The highest BCUT2D eigenvalue weighted by molar-refractivity contribution is 5.86. The molecule has 0 heterocycles. The molecule has 17 heavy (non-hydrogen) atoms. The molecular formula is C14H14O3. The minimum absolute atomic E-state index is 0.585.